The molecule has 2 N–H and O–H groups in total. The summed E-state index contributed by atoms with van der Waals surface area (Å²) >= 11 is 0. The highest BCUT2D eigenvalue weighted by Gasteiger charge is 2.25. The third-order valence-electron chi connectivity index (χ3n) is 4.45. The number of nitro groups is 1. The van der Waals surface area contributed by atoms with Gasteiger partial charge in [0.1, 0.15) is 0 Å². The van der Waals surface area contributed by atoms with Crippen molar-refractivity contribution in [1.82, 2.24) is 14.9 Å². The van der Waals surface area contributed by atoms with Crippen LogP contribution in [0, 0.1) is 10.1 Å². The van der Waals surface area contributed by atoms with E-state index < -0.39 is 11.0 Å². The largest absolute Gasteiger partial charge is 0.465 e. The number of nitro benzene ring substituents is 1. The van der Waals surface area contributed by atoms with Gasteiger partial charge < -0.3 is 19.9 Å². The van der Waals surface area contributed by atoms with Crippen LogP contribution in [0.3, 0.4) is 0 Å². The molecule has 1 unspecified atom stereocenters. The Morgan fingerprint density at radius 3 is 2.96 bits per heavy atom. The molecule has 1 amide bonds. The Balaban J connectivity index is 1.99. The van der Waals surface area contributed by atoms with Gasteiger partial charge in [-0.3, -0.25) is 10.1 Å². The Hall–Kier alpha value is -3.10. The standard InChI is InChI=1S/C16H19N5O4/c1-3-10-7-14-12(8-13(10)21(24)25)18-15(19(14)2)20-6-4-5-11(9-20)17-16(22)23/h3,7-8,11,17H,1,4-6,9H2,2H3,(H,22,23). The highest BCUT2D eigenvalue weighted by Crippen LogP contribution is 2.30. The van der Waals surface area contributed by atoms with Crippen LogP contribution in [0.5, 0.6) is 0 Å². The molecule has 1 atom stereocenters. The molecule has 2 aromatic rings. The Morgan fingerprint density at radius 2 is 2.32 bits per heavy atom. The summed E-state index contributed by atoms with van der Waals surface area (Å²) in [5, 5.41) is 22.6. The number of anilines is 1. The number of fused-ring (bicyclic) bond motifs is 1. The molecule has 9 nitrogen and oxygen atoms in total. The lowest BCUT2D eigenvalue weighted by Crippen LogP contribution is -2.48. The fourth-order valence-corrected chi connectivity index (χ4v) is 3.29. The number of benzene rings is 1. The number of imidazole rings is 1. The maximum Gasteiger partial charge on any atom is 0.404 e. The Labute approximate surface area is 143 Å². The number of carboxylic acid groups (broad SMARTS) is 1. The van der Waals surface area contributed by atoms with Crippen LogP contribution in [0.15, 0.2) is 18.7 Å². The summed E-state index contributed by atoms with van der Waals surface area (Å²) in [7, 11) is 1.84. The molecular formula is C16H19N5O4. The lowest BCUT2D eigenvalue weighted by atomic mass is 10.1. The predicted molar refractivity (Wildman–Crippen MR) is 93.9 cm³/mol. The molecule has 1 aliphatic heterocycles. The number of aryl methyl sites for hydroxylation is 1. The van der Waals surface area contributed by atoms with Crippen LogP contribution in [-0.2, 0) is 7.05 Å². The highest BCUT2D eigenvalue weighted by atomic mass is 16.6. The highest BCUT2D eigenvalue weighted by molar-refractivity contribution is 5.85. The van der Waals surface area contributed by atoms with Gasteiger partial charge in [-0.15, -0.1) is 0 Å². The fourth-order valence-electron chi connectivity index (χ4n) is 3.29. The molecule has 132 valence electrons. The van der Waals surface area contributed by atoms with Crippen LogP contribution in [0.25, 0.3) is 17.1 Å². The second kappa shape index (κ2) is 6.42. The number of nitrogens with one attached hydrogen (secondary N) is 1. The third-order valence-corrected chi connectivity index (χ3v) is 4.45. The molecule has 2 heterocycles. The lowest BCUT2D eigenvalue weighted by Gasteiger charge is -2.33. The minimum Gasteiger partial charge on any atom is -0.465 e. The number of rotatable bonds is 4. The van der Waals surface area contributed by atoms with E-state index in [4.69, 9.17) is 5.11 Å². The first-order valence-electron chi connectivity index (χ1n) is 7.92. The Morgan fingerprint density at radius 1 is 1.56 bits per heavy atom. The summed E-state index contributed by atoms with van der Waals surface area (Å²) in [6.45, 7) is 4.91. The van der Waals surface area contributed by atoms with E-state index >= 15 is 0 Å². The lowest BCUT2D eigenvalue weighted by molar-refractivity contribution is -0.384. The van der Waals surface area contributed by atoms with Crippen LogP contribution in [0.4, 0.5) is 16.4 Å². The van der Waals surface area contributed by atoms with Crippen molar-refractivity contribution in [2.45, 2.75) is 18.9 Å². The first-order chi connectivity index (χ1) is 11.9. The van der Waals surface area contributed by atoms with Gasteiger partial charge in [-0.2, -0.15) is 0 Å². The van der Waals surface area contributed by atoms with Crippen LogP contribution < -0.4 is 10.2 Å². The number of aromatic nitrogens is 2. The van der Waals surface area contributed by atoms with Gasteiger partial charge in [0.25, 0.3) is 5.69 Å². The topological polar surface area (TPSA) is 114 Å². The van der Waals surface area contributed by atoms with Gasteiger partial charge in [0.05, 0.1) is 21.5 Å². The summed E-state index contributed by atoms with van der Waals surface area (Å²) in [6, 6.07) is 2.99. The van der Waals surface area contributed by atoms with Crippen LogP contribution in [-0.4, -0.2) is 44.8 Å². The van der Waals surface area contributed by atoms with E-state index in [1.54, 1.807) is 6.07 Å². The van der Waals surface area contributed by atoms with Crippen molar-refractivity contribution < 1.29 is 14.8 Å². The summed E-state index contributed by atoms with van der Waals surface area (Å²) in [5.41, 5.74) is 1.71. The van der Waals surface area contributed by atoms with Gasteiger partial charge >= 0.3 is 6.09 Å². The zero-order chi connectivity index (χ0) is 18.1. The third kappa shape index (κ3) is 3.12. The molecule has 3 rings (SSSR count). The first kappa shape index (κ1) is 16.7. The van der Waals surface area contributed by atoms with Crippen molar-refractivity contribution in [3.05, 3.63) is 34.4 Å². The molecule has 0 aliphatic carbocycles. The summed E-state index contributed by atoms with van der Waals surface area (Å²) < 4.78 is 1.87. The monoisotopic (exact) mass is 345 g/mol. The van der Waals surface area contributed by atoms with Crippen molar-refractivity contribution in [3.8, 4) is 0 Å². The molecule has 1 fully saturated rings. The van der Waals surface area contributed by atoms with Gasteiger partial charge in [-0.1, -0.05) is 12.7 Å². The molecule has 9 heteroatoms. The second-order valence-electron chi connectivity index (χ2n) is 6.07. The summed E-state index contributed by atoms with van der Waals surface area (Å²) in [4.78, 5) is 28.2. The average molecular weight is 345 g/mol. The van der Waals surface area contributed by atoms with E-state index in [0.29, 0.717) is 23.6 Å². The number of carbonyl (C=O) groups is 1. The molecular weight excluding hydrogens is 326 g/mol. The Kier molecular flexibility index (Phi) is 4.30. The smallest absolute Gasteiger partial charge is 0.404 e. The van der Waals surface area contributed by atoms with Crippen molar-refractivity contribution in [2.75, 3.05) is 18.0 Å². The Bertz CT molecular complexity index is 860. The van der Waals surface area contributed by atoms with Crippen molar-refractivity contribution in [2.24, 2.45) is 7.05 Å². The van der Waals surface area contributed by atoms with E-state index in [1.165, 1.54) is 12.1 Å². The maximum absolute atomic E-state index is 11.2. The maximum atomic E-state index is 11.2. The average Bonchev–Trinajstić information content (AvgIpc) is 2.89. The summed E-state index contributed by atoms with van der Waals surface area (Å²) in [6.07, 6.45) is 2.03. The van der Waals surface area contributed by atoms with Gasteiger partial charge in [0.2, 0.25) is 5.95 Å². The van der Waals surface area contributed by atoms with Crippen molar-refractivity contribution >= 4 is 34.8 Å². The molecule has 0 bridgehead atoms. The minimum atomic E-state index is -1.04. The fraction of sp³-hybridized carbons (Fsp3) is 0.375. The molecule has 0 spiro atoms. The van der Waals surface area contributed by atoms with Crippen LogP contribution in [0.2, 0.25) is 0 Å². The number of hydrogen-bond donors (Lipinski definition) is 2. The van der Waals surface area contributed by atoms with Crippen LogP contribution >= 0.6 is 0 Å². The molecule has 0 saturated carbocycles. The van der Waals surface area contributed by atoms with E-state index in [0.717, 1.165) is 24.9 Å². The molecule has 1 saturated heterocycles. The molecule has 0 radical (unpaired) electrons. The van der Waals surface area contributed by atoms with E-state index in [9.17, 15) is 14.9 Å². The van der Waals surface area contributed by atoms with Gasteiger partial charge in [-0.05, 0) is 18.9 Å². The SMILES string of the molecule is C=Cc1cc2c(cc1[N+](=O)[O-])nc(N1CCCC(NC(=O)O)C1)n2C. The zero-order valence-electron chi connectivity index (χ0n) is 13.8. The number of nitrogens with zero attached hydrogens (tertiary/aromatic N) is 4. The molecule has 1 aromatic heterocycles. The zero-order valence-corrected chi connectivity index (χ0v) is 13.8. The van der Waals surface area contributed by atoms with E-state index in [2.05, 4.69) is 16.9 Å². The first-order valence-corrected chi connectivity index (χ1v) is 7.92. The normalized spacial score (nSPS) is 17.5. The second-order valence-corrected chi connectivity index (χ2v) is 6.07. The van der Waals surface area contributed by atoms with E-state index in [1.807, 2.05) is 16.5 Å². The number of piperidine rings is 1. The summed E-state index contributed by atoms with van der Waals surface area (Å²) in [5.74, 6) is 0.669. The molecule has 1 aliphatic rings. The number of hydrogen-bond acceptors (Lipinski definition) is 5. The quantitative estimate of drug-likeness (QED) is 0.649. The predicted octanol–water partition coefficient (Wildman–Crippen LogP) is 2.36. The van der Waals surface area contributed by atoms with Crippen molar-refractivity contribution in [3.63, 3.8) is 0 Å². The van der Waals surface area contributed by atoms with Crippen molar-refractivity contribution in [1.29, 1.82) is 0 Å². The van der Waals surface area contributed by atoms with Gasteiger partial charge in [-0.25, -0.2) is 9.78 Å². The van der Waals surface area contributed by atoms with Gasteiger partial charge in [0.15, 0.2) is 0 Å². The molecule has 1 aromatic carbocycles. The number of amides is 1. The van der Waals surface area contributed by atoms with Crippen LogP contribution in [0.1, 0.15) is 18.4 Å². The van der Waals surface area contributed by atoms with Gasteiger partial charge in [0, 0.05) is 32.2 Å². The van der Waals surface area contributed by atoms with E-state index in [-0.39, 0.29) is 11.7 Å². The minimum absolute atomic E-state index is 0.0313. The molecule has 25 heavy (non-hydrogen) atoms.